The highest BCUT2D eigenvalue weighted by Crippen LogP contribution is 2.25. The predicted octanol–water partition coefficient (Wildman–Crippen LogP) is 3.04. The summed E-state index contributed by atoms with van der Waals surface area (Å²) in [5, 5.41) is 13.0. The molecule has 0 amide bonds. The van der Waals surface area contributed by atoms with Gasteiger partial charge in [-0.1, -0.05) is 23.7 Å². The van der Waals surface area contributed by atoms with Crippen molar-refractivity contribution >= 4 is 36.4 Å². The molecule has 3 nitrogen and oxygen atoms in total. The molecule has 1 heterocycles. The number of hydrogen-bond acceptors (Lipinski definition) is 3. The number of nitriles is 1. The number of benzene rings is 1. The van der Waals surface area contributed by atoms with Crippen LogP contribution in [0.5, 0.6) is 0 Å². The van der Waals surface area contributed by atoms with Crippen LogP contribution in [-0.2, 0) is 0 Å². The maximum atomic E-state index is 8.96. The van der Waals surface area contributed by atoms with E-state index in [1.54, 1.807) is 0 Å². The normalized spacial score (nSPS) is 16.6. The molecule has 19 heavy (non-hydrogen) atoms. The average Bonchev–Trinajstić information content (AvgIpc) is 2.38. The topological polar surface area (TPSA) is 39.1 Å². The van der Waals surface area contributed by atoms with Crippen molar-refractivity contribution in [3.05, 3.63) is 34.9 Å². The fourth-order valence-electron chi connectivity index (χ4n) is 2.22. The molecule has 1 fully saturated rings. The Balaban J connectivity index is 0.00000162. The van der Waals surface area contributed by atoms with Crippen LogP contribution in [-0.4, -0.2) is 31.1 Å². The van der Waals surface area contributed by atoms with Gasteiger partial charge in [0.05, 0.1) is 12.5 Å². The van der Waals surface area contributed by atoms with Gasteiger partial charge in [-0.3, -0.25) is 4.90 Å². The molecule has 0 bridgehead atoms. The maximum Gasteiger partial charge on any atom is 0.0641 e. The zero-order chi connectivity index (χ0) is 12.1. The van der Waals surface area contributed by atoms with Crippen LogP contribution in [0.15, 0.2) is 24.3 Å². The van der Waals surface area contributed by atoms with Crippen LogP contribution in [0.2, 0.25) is 5.02 Å². The highest BCUT2D eigenvalue weighted by Gasteiger charge is 2.21. The van der Waals surface area contributed by atoms with Crippen molar-refractivity contribution in [2.24, 2.45) is 0 Å². The largest absolute Gasteiger partial charge is 0.314 e. The molecular weight excluding hydrogens is 305 g/mol. The van der Waals surface area contributed by atoms with Crippen molar-refractivity contribution < 1.29 is 0 Å². The molecule has 0 unspecified atom stereocenters. The monoisotopic (exact) mass is 321 g/mol. The summed E-state index contributed by atoms with van der Waals surface area (Å²) in [6, 6.07) is 10.3. The van der Waals surface area contributed by atoms with E-state index >= 15 is 0 Å². The molecule has 1 aliphatic rings. The minimum Gasteiger partial charge on any atom is -0.314 e. The maximum absolute atomic E-state index is 8.96. The lowest BCUT2D eigenvalue weighted by atomic mass is 10.0. The third-order valence-corrected chi connectivity index (χ3v) is 3.38. The van der Waals surface area contributed by atoms with Crippen LogP contribution in [0, 0.1) is 11.3 Å². The smallest absolute Gasteiger partial charge is 0.0641 e. The van der Waals surface area contributed by atoms with Crippen molar-refractivity contribution in [1.82, 2.24) is 10.2 Å². The van der Waals surface area contributed by atoms with Crippen LogP contribution < -0.4 is 5.32 Å². The zero-order valence-electron chi connectivity index (χ0n) is 10.5. The molecule has 1 atom stereocenters. The van der Waals surface area contributed by atoms with Gasteiger partial charge in [0.1, 0.15) is 0 Å². The average molecular weight is 323 g/mol. The van der Waals surface area contributed by atoms with E-state index in [2.05, 4.69) is 16.3 Å². The van der Waals surface area contributed by atoms with Crippen LogP contribution >= 0.6 is 36.4 Å². The fraction of sp³-hybridized carbons (Fsp3) is 0.462. The van der Waals surface area contributed by atoms with Crippen LogP contribution in [0.4, 0.5) is 0 Å². The summed E-state index contributed by atoms with van der Waals surface area (Å²) in [5.74, 6) is 0. The van der Waals surface area contributed by atoms with E-state index < -0.39 is 0 Å². The lowest BCUT2D eigenvalue weighted by Gasteiger charge is -2.34. The van der Waals surface area contributed by atoms with Gasteiger partial charge in [0.2, 0.25) is 0 Å². The van der Waals surface area contributed by atoms with E-state index in [9.17, 15) is 0 Å². The third-order valence-electron chi connectivity index (χ3n) is 3.13. The standard InChI is InChI=1S/C13H16ClN3.2ClH/c14-12-3-1-11(2-4-12)13(5-6-15)17-9-7-16-8-10-17;;/h1-4,13,16H,5,7-10H2;2*1H/t13-;;/m0../s1. The van der Waals surface area contributed by atoms with E-state index in [1.165, 1.54) is 5.56 Å². The van der Waals surface area contributed by atoms with Gasteiger partial charge in [0.25, 0.3) is 0 Å². The first-order valence-corrected chi connectivity index (χ1v) is 6.26. The Kier molecular flexibility index (Phi) is 9.16. The summed E-state index contributed by atoms with van der Waals surface area (Å²) in [7, 11) is 0. The molecule has 1 aromatic carbocycles. The van der Waals surface area contributed by atoms with E-state index in [4.69, 9.17) is 16.9 Å². The number of hydrogen-bond donors (Lipinski definition) is 1. The van der Waals surface area contributed by atoms with Gasteiger partial charge in [-0.05, 0) is 17.7 Å². The molecule has 1 N–H and O–H groups in total. The molecule has 2 rings (SSSR count). The first-order valence-electron chi connectivity index (χ1n) is 5.88. The molecule has 0 aliphatic carbocycles. The van der Waals surface area contributed by atoms with Gasteiger partial charge in [-0.2, -0.15) is 5.26 Å². The number of rotatable bonds is 3. The Labute approximate surface area is 131 Å². The SMILES string of the molecule is Cl.Cl.N#CC[C@@H](c1ccc(Cl)cc1)N1CCNCC1. The van der Waals surface area contributed by atoms with E-state index in [0.717, 1.165) is 31.2 Å². The summed E-state index contributed by atoms with van der Waals surface area (Å²) in [6.07, 6.45) is 0.529. The minimum absolute atomic E-state index is 0. The highest BCUT2D eigenvalue weighted by atomic mass is 35.5. The zero-order valence-corrected chi connectivity index (χ0v) is 12.9. The fourth-order valence-corrected chi connectivity index (χ4v) is 2.35. The van der Waals surface area contributed by atoms with Crippen LogP contribution in [0.25, 0.3) is 0 Å². The van der Waals surface area contributed by atoms with E-state index in [-0.39, 0.29) is 30.9 Å². The summed E-state index contributed by atoms with van der Waals surface area (Å²) >= 11 is 5.89. The highest BCUT2D eigenvalue weighted by molar-refractivity contribution is 6.30. The molecule has 0 saturated carbocycles. The number of nitrogens with zero attached hydrogens (tertiary/aromatic N) is 2. The number of halogens is 3. The summed E-state index contributed by atoms with van der Waals surface area (Å²) < 4.78 is 0. The van der Waals surface area contributed by atoms with Crippen molar-refractivity contribution in [2.75, 3.05) is 26.2 Å². The second-order valence-electron chi connectivity index (χ2n) is 4.22. The summed E-state index contributed by atoms with van der Waals surface area (Å²) in [5.41, 5.74) is 1.18. The molecule has 0 radical (unpaired) electrons. The van der Waals surface area contributed by atoms with E-state index in [0.29, 0.717) is 6.42 Å². The third kappa shape index (κ3) is 5.18. The molecule has 1 aromatic rings. The Morgan fingerprint density at radius 1 is 1.21 bits per heavy atom. The quantitative estimate of drug-likeness (QED) is 0.929. The van der Waals surface area contributed by atoms with Crippen molar-refractivity contribution in [2.45, 2.75) is 12.5 Å². The molecule has 1 saturated heterocycles. The van der Waals surface area contributed by atoms with Crippen molar-refractivity contribution in [3.8, 4) is 6.07 Å². The van der Waals surface area contributed by atoms with Gasteiger partial charge in [0.15, 0.2) is 0 Å². The van der Waals surface area contributed by atoms with Gasteiger partial charge in [-0.15, -0.1) is 24.8 Å². The summed E-state index contributed by atoms with van der Waals surface area (Å²) in [6.45, 7) is 3.98. The minimum atomic E-state index is 0. The van der Waals surface area contributed by atoms with Gasteiger partial charge in [0, 0.05) is 37.2 Å². The Morgan fingerprint density at radius 2 is 1.79 bits per heavy atom. The Hall–Kier alpha value is -0.500. The summed E-state index contributed by atoms with van der Waals surface area (Å²) in [4.78, 5) is 2.36. The van der Waals surface area contributed by atoms with E-state index in [1.807, 2.05) is 24.3 Å². The first kappa shape index (κ1) is 18.5. The predicted molar refractivity (Wildman–Crippen MR) is 83.4 cm³/mol. The van der Waals surface area contributed by atoms with Crippen LogP contribution in [0.3, 0.4) is 0 Å². The van der Waals surface area contributed by atoms with Crippen molar-refractivity contribution in [3.63, 3.8) is 0 Å². The van der Waals surface area contributed by atoms with Crippen molar-refractivity contribution in [1.29, 1.82) is 5.26 Å². The second-order valence-corrected chi connectivity index (χ2v) is 4.65. The lowest BCUT2D eigenvalue weighted by molar-refractivity contribution is 0.175. The Morgan fingerprint density at radius 3 is 2.32 bits per heavy atom. The van der Waals surface area contributed by atoms with Crippen LogP contribution in [0.1, 0.15) is 18.0 Å². The molecule has 6 heteroatoms. The molecule has 1 aliphatic heterocycles. The number of piperazine rings is 1. The molecule has 0 spiro atoms. The van der Waals surface area contributed by atoms with Gasteiger partial charge >= 0.3 is 0 Å². The second kappa shape index (κ2) is 9.41. The first-order chi connectivity index (χ1) is 8.31. The molecular formula is C13H18Cl3N3. The molecule has 106 valence electrons. The lowest BCUT2D eigenvalue weighted by Crippen LogP contribution is -2.45. The number of nitrogens with one attached hydrogen (secondary N) is 1. The van der Waals surface area contributed by atoms with Gasteiger partial charge < -0.3 is 5.32 Å². The molecule has 0 aromatic heterocycles. The Bertz CT molecular complexity index is 397. The van der Waals surface area contributed by atoms with Gasteiger partial charge in [-0.25, -0.2) is 0 Å².